The van der Waals surface area contributed by atoms with Gasteiger partial charge in [0.2, 0.25) is 0 Å². The van der Waals surface area contributed by atoms with Gasteiger partial charge in [0.25, 0.3) is 0 Å². The number of carboxylic acid groups (broad SMARTS) is 1. The van der Waals surface area contributed by atoms with Gasteiger partial charge in [0.05, 0.1) is 11.6 Å². The maximum absolute atomic E-state index is 11.6. The number of nitrogens with one attached hydrogen (secondary N) is 2. The van der Waals surface area contributed by atoms with Gasteiger partial charge in [-0.05, 0) is 23.6 Å². The zero-order chi connectivity index (χ0) is 15.1. The second-order valence-electron chi connectivity index (χ2n) is 4.70. The molecule has 0 saturated heterocycles. The van der Waals surface area contributed by atoms with Crippen molar-refractivity contribution in [3.8, 4) is 6.07 Å². The third-order valence-corrected chi connectivity index (χ3v) is 2.76. The number of carboxylic acids is 1. The van der Waals surface area contributed by atoms with Crippen LogP contribution in [0, 0.1) is 17.2 Å². The molecule has 0 unspecified atom stereocenters. The highest BCUT2D eigenvalue weighted by molar-refractivity contribution is 5.82. The molecule has 0 radical (unpaired) electrons. The molecule has 2 amide bonds. The Labute approximate surface area is 117 Å². The number of benzene rings is 1. The summed E-state index contributed by atoms with van der Waals surface area (Å²) in [5, 5.41) is 22.6. The molecule has 1 aromatic rings. The van der Waals surface area contributed by atoms with Crippen LogP contribution in [-0.2, 0) is 11.3 Å². The monoisotopic (exact) mass is 275 g/mol. The van der Waals surface area contributed by atoms with E-state index >= 15 is 0 Å². The van der Waals surface area contributed by atoms with Crippen molar-refractivity contribution >= 4 is 12.0 Å². The summed E-state index contributed by atoms with van der Waals surface area (Å²) in [5.41, 5.74) is 1.37. The minimum absolute atomic E-state index is 0.201. The fraction of sp³-hybridized carbons (Fsp3) is 0.357. The van der Waals surface area contributed by atoms with E-state index in [0.29, 0.717) is 5.56 Å². The highest BCUT2D eigenvalue weighted by Gasteiger charge is 2.23. The first-order valence-corrected chi connectivity index (χ1v) is 6.20. The SMILES string of the molecule is CC(C)[C@@H](NC(=O)NCc1ccc(C#N)cc1)C(=O)O. The molecule has 0 bridgehead atoms. The van der Waals surface area contributed by atoms with Crippen LogP contribution in [0.1, 0.15) is 25.0 Å². The smallest absolute Gasteiger partial charge is 0.326 e. The second-order valence-corrected chi connectivity index (χ2v) is 4.70. The van der Waals surface area contributed by atoms with Crippen molar-refractivity contribution in [2.75, 3.05) is 0 Å². The molecule has 20 heavy (non-hydrogen) atoms. The number of rotatable bonds is 5. The van der Waals surface area contributed by atoms with Crippen LogP contribution in [0.15, 0.2) is 24.3 Å². The van der Waals surface area contributed by atoms with E-state index in [9.17, 15) is 9.59 Å². The van der Waals surface area contributed by atoms with E-state index in [4.69, 9.17) is 10.4 Å². The molecule has 0 aliphatic carbocycles. The van der Waals surface area contributed by atoms with Crippen LogP contribution < -0.4 is 10.6 Å². The van der Waals surface area contributed by atoms with Gasteiger partial charge in [-0.25, -0.2) is 9.59 Å². The predicted molar refractivity (Wildman–Crippen MR) is 72.8 cm³/mol. The zero-order valence-corrected chi connectivity index (χ0v) is 11.4. The standard InChI is InChI=1S/C14H17N3O3/c1-9(2)12(13(18)19)17-14(20)16-8-11-5-3-10(7-15)4-6-11/h3-6,9,12H,8H2,1-2H3,(H,18,19)(H2,16,17,20)/t12-/m1/s1. The van der Waals surface area contributed by atoms with Gasteiger partial charge < -0.3 is 15.7 Å². The fourth-order valence-corrected chi connectivity index (χ4v) is 1.59. The normalized spacial score (nSPS) is 11.5. The number of hydrogen-bond acceptors (Lipinski definition) is 3. The predicted octanol–water partition coefficient (Wildman–Crippen LogP) is 1.47. The lowest BCUT2D eigenvalue weighted by Gasteiger charge is -2.18. The largest absolute Gasteiger partial charge is 0.480 e. The summed E-state index contributed by atoms with van der Waals surface area (Å²) in [4.78, 5) is 22.6. The Hall–Kier alpha value is -2.55. The van der Waals surface area contributed by atoms with Gasteiger partial charge in [0.15, 0.2) is 0 Å². The van der Waals surface area contributed by atoms with E-state index in [-0.39, 0.29) is 12.5 Å². The summed E-state index contributed by atoms with van der Waals surface area (Å²) in [7, 11) is 0. The molecule has 106 valence electrons. The Morgan fingerprint density at radius 3 is 2.35 bits per heavy atom. The third kappa shape index (κ3) is 4.61. The topological polar surface area (TPSA) is 102 Å². The van der Waals surface area contributed by atoms with Crippen molar-refractivity contribution in [2.45, 2.75) is 26.4 Å². The van der Waals surface area contributed by atoms with E-state index in [1.165, 1.54) is 0 Å². The Morgan fingerprint density at radius 1 is 1.30 bits per heavy atom. The Morgan fingerprint density at radius 2 is 1.90 bits per heavy atom. The molecule has 1 atom stereocenters. The number of nitriles is 1. The van der Waals surface area contributed by atoms with Crippen molar-refractivity contribution in [1.82, 2.24) is 10.6 Å². The number of carbonyl (C=O) groups is 2. The van der Waals surface area contributed by atoms with Gasteiger partial charge in [-0.1, -0.05) is 26.0 Å². The van der Waals surface area contributed by atoms with Crippen LogP contribution in [0.5, 0.6) is 0 Å². The molecule has 0 aliphatic heterocycles. The van der Waals surface area contributed by atoms with Crippen LogP contribution >= 0.6 is 0 Å². The van der Waals surface area contributed by atoms with E-state index in [1.54, 1.807) is 38.1 Å². The minimum Gasteiger partial charge on any atom is -0.480 e. The van der Waals surface area contributed by atoms with Gasteiger partial charge in [-0.2, -0.15) is 5.26 Å². The van der Waals surface area contributed by atoms with Gasteiger partial charge in [-0.3, -0.25) is 0 Å². The Kier molecular flexibility index (Phi) is 5.54. The second kappa shape index (κ2) is 7.14. The molecule has 0 spiro atoms. The molecule has 0 heterocycles. The van der Waals surface area contributed by atoms with Crippen LogP contribution in [0.3, 0.4) is 0 Å². The van der Waals surface area contributed by atoms with Gasteiger partial charge in [0, 0.05) is 6.54 Å². The fourth-order valence-electron chi connectivity index (χ4n) is 1.59. The quantitative estimate of drug-likeness (QED) is 0.757. The maximum Gasteiger partial charge on any atom is 0.326 e. The molecule has 0 aromatic heterocycles. The Bertz CT molecular complexity index is 517. The van der Waals surface area contributed by atoms with E-state index in [2.05, 4.69) is 10.6 Å². The average molecular weight is 275 g/mol. The highest BCUT2D eigenvalue weighted by Crippen LogP contribution is 2.04. The van der Waals surface area contributed by atoms with Gasteiger partial charge >= 0.3 is 12.0 Å². The lowest BCUT2D eigenvalue weighted by molar-refractivity contribution is -0.140. The summed E-state index contributed by atoms with van der Waals surface area (Å²) in [6, 6.07) is 7.33. The molecule has 0 fully saturated rings. The van der Waals surface area contributed by atoms with Gasteiger partial charge in [0.1, 0.15) is 6.04 Å². The third-order valence-electron chi connectivity index (χ3n) is 2.76. The molecular weight excluding hydrogens is 258 g/mol. The number of hydrogen-bond donors (Lipinski definition) is 3. The number of urea groups is 1. The molecule has 6 heteroatoms. The van der Waals surface area contributed by atoms with E-state index in [1.807, 2.05) is 6.07 Å². The van der Waals surface area contributed by atoms with Crippen LogP contribution in [0.25, 0.3) is 0 Å². The van der Waals surface area contributed by atoms with Crippen molar-refractivity contribution in [1.29, 1.82) is 5.26 Å². The number of nitrogens with zero attached hydrogens (tertiary/aromatic N) is 1. The summed E-state index contributed by atoms with van der Waals surface area (Å²) in [6.45, 7) is 3.71. The Balaban J connectivity index is 2.50. The molecule has 1 aromatic carbocycles. The lowest BCUT2D eigenvalue weighted by Crippen LogP contribution is -2.48. The zero-order valence-electron chi connectivity index (χ0n) is 11.4. The van der Waals surface area contributed by atoms with Crippen molar-refractivity contribution in [3.05, 3.63) is 35.4 Å². The molecule has 1 rings (SSSR count). The van der Waals surface area contributed by atoms with Gasteiger partial charge in [-0.15, -0.1) is 0 Å². The average Bonchev–Trinajstić information content (AvgIpc) is 2.42. The first-order chi connectivity index (χ1) is 9.43. The molecule has 6 nitrogen and oxygen atoms in total. The first kappa shape index (κ1) is 15.5. The summed E-state index contributed by atoms with van der Waals surface area (Å²) < 4.78 is 0. The molecule has 0 aliphatic rings. The van der Waals surface area contributed by atoms with Crippen molar-refractivity contribution in [3.63, 3.8) is 0 Å². The number of carbonyl (C=O) groups excluding carboxylic acids is 1. The molecular formula is C14H17N3O3. The summed E-state index contributed by atoms with van der Waals surface area (Å²) in [5.74, 6) is -1.26. The van der Waals surface area contributed by atoms with E-state index < -0.39 is 18.0 Å². The van der Waals surface area contributed by atoms with Crippen molar-refractivity contribution in [2.24, 2.45) is 5.92 Å². The summed E-state index contributed by atoms with van der Waals surface area (Å²) in [6.07, 6.45) is 0. The van der Waals surface area contributed by atoms with Crippen molar-refractivity contribution < 1.29 is 14.7 Å². The minimum atomic E-state index is -1.06. The van der Waals surface area contributed by atoms with Crippen LogP contribution in [0.2, 0.25) is 0 Å². The number of aliphatic carboxylic acids is 1. The summed E-state index contributed by atoms with van der Waals surface area (Å²) >= 11 is 0. The number of amides is 2. The maximum atomic E-state index is 11.6. The lowest BCUT2D eigenvalue weighted by atomic mass is 10.1. The van der Waals surface area contributed by atoms with E-state index in [0.717, 1.165) is 5.56 Å². The molecule has 0 saturated carbocycles. The highest BCUT2D eigenvalue weighted by atomic mass is 16.4. The van der Waals surface area contributed by atoms with Crippen LogP contribution in [0.4, 0.5) is 4.79 Å². The first-order valence-electron chi connectivity index (χ1n) is 6.20. The molecule has 3 N–H and O–H groups in total. The van der Waals surface area contributed by atoms with Crippen LogP contribution in [-0.4, -0.2) is 23.1 Å².